The molecule has 2 N–H and O–H groups in total. The third-order valence-corrected chi connectivity index (χ3v) is 4.25. The second-order valence-electron chi connectivity index (χ2n) is 5.90. The smallest absolute Gasteiger partial charge is 0.336 e. The maximum Gasteiger partial charge on any atom is 0.336 e. The first-order valence-electron chi connectivity index (χ1n) is 8.36. The van der Waals surface area contributed by atoms with Gasteiger partial charge in [0.25, 0.3) is 0 Å². The lowest BCUT2D eigenvalue weighted by Crippen LogP contribution is -2.83. The molecule has 3 aromatic rings. The number of rotatable bonds is 7. The molecule has 0 aliphatic rings. The Balaban J connectivity index is 2.08. The van der Waals surface area contributed by atoms with E-state index in [4.69, 9.17) is 13.9 Å². The molecule has 0 unspecified atom stereocenters. The summed E-state index contributed by atoms with van der Waals surface area (Å²) in [7, 11) is 3.23. The predicted molar refractivity (Wildman–Crippen MR) is 96.3 cm³/mol. The Hall–Kier alpha value is -2.83. The van der Waals surface area contributed by atoms with Crippen LogP contribution in [0.4, 0.5) is 0 Å². The lowest BCUT2D eigenvalue weighted by Gasteiger charge is -2.16. The molecule has 0 spiro atoms. The fraction of sp³-hybridized carbons (Fsp3) is 0.250. The summed E-state index contributed by atoms with van der Waals surface area (Å²) in [4.78, 5) is 12.1. The molecule has 6 nitrogen and oxygen atoms in total. The summed E-state index contributed by atoms with van der Waals surface area (Å²) in [6.45, 7) is 1.73. The van der Waals surface area contributed by atoms with E-state index in [-0.39, 0.29) is 5.75 Å². The topological polar surface area (TPSA) is 88.3 Å². The van der Waals surface area contributed by atoms with E-state index in [9.17, 15) is 9.90 Å². The van der Waals surface area contributed by atoms with Gasteiger partial charge in [0.15, 0.2) is 0 Å². The summed E-state index contributed by atoms with van der Waals surface area (Å²) in [6.07, 6.45) is 0. The Morgan fingerprint density at radius 1 is 1.12 bits per heavy atom. The van der Waals surface area contributed by atoms with Gasteiger partial charge in [-0.25, -0.2) is 4.79 Å². The second-order valence-corrected chi connectivity index (χ2v) is 5.90. The van der Waals surface area contributed by atoms with E-state index in [1.54, 1.807) is 20.3 Å². The molecule has 2 aromatic carbocycles. The van der Waals surface area contributed by atoms with Gasteiger partial charge < -0.3 is 24.3 Å². The summed E-state index contributed by atoms with van der Waals surface area (Å²) >= 11 is 0. The summed E-state index contributed by atoms with van der Waals surface area (Å²) in [5.74, 6) is 0.595. The third-order valence-electron chi connectivity index (χ3n) is 4.25. The molecule has 1 heterocycles. The number of fused-ring (bicyclic) bond motifs is 1. The van der Waals surface area contributed by atoms with Crippen LogP contribution >= 0.6 is 0 Å². The highest BCUT2D eigenvalue weighted by Crippen LogP contribution is 2.32. The van der Waals surface area contributed by atoms with Gasteiger partial charge in [-0.3, -0.25) is 0 Å². The molecule has 0 fully saturated rings. The van der Waals surface area contributed by atoms with E-state index >= 15 is 0 Å². The molecule has 26 heavy (non-hydrogen) atoms. The SMILES string of the molecule is COCC[NH2+]Cc1c([O-])ccc2c(-c3ccc(OC)cc3)cc(=O)oc12. The molecule has 0 amide bonds. The van der Waals surface area contributed by atoms with Crippen LogP contribution in [0.25, 0.3) is 22.1 Å². The molecule has 3 rings (SSSR count). The molecule has 0 atom stereocenters. The van der Waals surface area contributed by atoms with Gasteiger partial charge in [-0.15, -0.1) is 0 Å². The number of methoxy groups -OCH3 is 2. The minimum atomic E-state index is -0.480. The van der Waals surface area contributed by atoms with Crippen LogP contribution in [-0.4, -0.2) is 27.4 Å². The van der Waals surface area contributed by atoms with Crippen LogP contribution in [0.3, 0.4) is 0 Å². The van der Waals surface area contributed by atoms with Gasteiger partial charge in [-0.1, -0.05) is 30.0 Å². The van der Waals surface area contributed by atoms with Crippen molar-refractivity contribution in [3.05, 3.63) is 58.4 Å². The summed E-state index contributed by atoms with van der Waals surface area (Å²) < 4.78 is 15.6. The van der Waals surface area contributed by atoms with E-state index in [2.05, 4.69) is 0 Å². The first-order chi connectivity index (χ1) is 12.6. The predicted octanol–water partition coefficient (Wildman–Crippen LogP) is 1.25. The Bertz CT molecular complexity index is 947. The van der Waals surface area contributed by atoms with Crippen LogP contribution < -0.4 is 20.8 Å². The maximum atomic E-state index is 12.3. The van der Waals surface area contributed by atoms with Crippen molar-refractivity contribution in [3.63, 3.8) is 0 Å². The molecule has 0 aliphatic heterocycles. The Kier molecular flexibility index (Phi) is 5.55. The first kappa shape index (κ1) is 18.0. The highest BCUT2D eigenvalue weighted by molar-refractivity contribution is 5.95. The average molecular weight is 355 g/mol. The van der Waals surface area contributed by atoms with Crippen molar-refractivity contribution < 1.29 is 24.3 Å². The van der Waals surface area contributed by atoms with E-state index in [1.807, 2.05) is 29.6 Å². The fourth-order valence-electron chi connectivity index (χ4n) is 2.91. The molecular formula is C20H21NO5. The zero-order valence-electron chi connectivity index (χ0n) is 14.8. The highest BCUT2D eigenvalue weighted by Gasteiger charge is 2.13. The zero-order chi connectivity index (χ0) is 18.5. The van der Waals surface area contributed by atoms with Crippen LogP contribution in [0, 0.1) is 0 Å². The summed E-state index contributed by atoms with van der Waals surface area (Å²) in [5.41, 5.74) is 1.95. The Labute approximate surface area is 151 Å². The van der Waals surface area contributed by atoms with Gasteiger partial charge in [0.2, 0.25) is 0 Å². The minimum Gasteiger partial charge on any atom is -0.872 e. The van der Waals surface area contributed by atoms with E-state index < -0.39 is 5.63 Å². The van der Waals surface area contributed by atoms with Crippen molar-refractivity contribution in [2.24, 2.45) is 0 Å². The average Bonchev–Trinajstić information content (AvgIpc) is 2.66. The van der Waals surface area contributed by atoms with Gasteiger partial charge in [0.1, 0.15) is 17.9 Å². The number of quaternary nitrogens is 1. The van der Waals surface area contributed by atoms with E-state index in [1.165, 1.54) is 12.1 Å². The second kappa shape index (κ2) is 8.03. The molecule has 0 aliphatic carbocycles. The number of nitrogens with two attached hydrogens (primary N) is 1. The molecule has 0 bridgehead atoms. The fourth-order valence-corrected chi connectivity index (χ4v) is 2.91. The van der Waals surface area contributed by atoms with Crippen molar-refractivity contribution >= 4 is 11.0 Å². The Morgan fingerprint density at radius 3 is 2.58 bits per heavy atom. The van der Waals surface area contributed by atoms with Gasteiger partial charge >= 0.3 is 5.63 Å². The van der Waals surface area contributed by atoms with Gasteiger partial charge in [-0.2, -0.15) is 0 Å². The first-order valence-corrected chi connectivity index (χ1v) is 8.36. The molecule has 0 radical (unpaired) electrons. The quantitative estimate of drug-likeness (QED) is 0.509. The van der Waals surface area contributed by atoms with Crippen LogP contribution in [0.1, 0.15) is 5.56 Å². The molecule has 1 aromatic heterocycles. The normalized spacial score (nSPS) is 11.0. The lowest BCUT2D eigenvalue weighted by molar-refractivity contribution is -0.672. The molecular weight excluding hydrogens is 334 g/mol. The maximum absolute atomic E-state index is 12.3. The van der Waals surface area contributed by atoms with Crippen molar-refractivity contribution in [2.75, 3.05) is 27.4 Å². The minimum absolute atomic E-state index is 0.138. The standard InChI is InChI=1S/C20H21NO5/c1-24-10-9-21-12-17-18(22)8-7-15-16(11-19(23)26-20(15)17)13-3-5-14(25-2)6-4-13/h3-8,11,21-22H,9-10,12H2,1-2H3. The van der Waals surface area contributed by atoms with E-state index in [0.717, 1.165) is 22.3 Å². The van der Waals surface area contributed by atoms with Crippen LogP contribution in [0.5, 0.6) is 11.5 Å². The van der Waals surface area contributed by atoms with Crippen molar-refractivity contribution in [3.8, 4) is 22.6 Å². The highest BCUT2D eigenvalue weighted by atomic mass is 16.5. The van der Waals surface area contributed by atoms with Gasteiger partial charge in [-0.05, 0) is 23.3 Å². The van der Waals surface area contributed by atoms with E-state index in [0.29, 0.717) is 30.8 Å². The van der Waals surface area contributed by atoms with Gasteiger partial charge in [0, 0.05) is 24.1 Å². The molecule has 6 heteroatoms. The number of benzene rings is 2. The van der Waals surface area contributed by atoms with Crippen molar-refractivity contribution in [1.29, 1.82) is 0 Å². The molecule has 0 saturated heterocycles. The molecule has 136 valence electrons. The van der Waals surface area contributed by atoms with Crippen LogP contribution in [0.2, 0.25) is 0 Å². The summed E-state index contributed by atoms with van der Waals surface area (Å²) in [5, 5.41) is 15.0. The number of hydrogen-bond donors (Lipinski definition) is 1. The summed E-state index contributed by atoms with van der Waals surface area (Å²) in [6, 6.07) is 12.1. The lowest BCUT2D eigenvalue weighted by atomic mass is 9.99. The largest absolute Gasteiger partial charge is 0.872 e. The van der Waals surface area contributed by atoms with Crippen molar-refractivity contribution in [2.45, 2.75) is 6.54 Å². The van der Waals surface area contributed by atoms with Crippen LogP contribution in [-0.2, 0) is 11.3 Å². The monoisotopic (exact) mass is 355 g/mol. The number of ether oxygens (including phenoxy) is 2. The third kappa shape index (κ3) is 3.71. The number of hydrogen-bond acceptors (Lipinski definition) is 5. The van der Waals surface area contributed by atoms with Crippen LogP contribution in [0.15, 0.2) is 51.7 Å². The Morgan fingerprint density at radius 2 is 1.88 bits per heavy atom. The van der Waals surface area contributed by atoms with Gasteiger partial charge in [0.05, 0.1) is 20.3 Å². The zero-order valence-corrected chi connectivity index (χ0v) is 14.8. The van der Waals surface area contributed by atoms with Crippen molar-refractivity contribution in [1.82, 2.24) is 0 Å². The molecule has 0 saturated carbocycles.